The molecule has 0 saturated carbocycles. The number of benzene rings is 2. The summed E-state index contributed by atoms with van der Waals surface area (Å²) in [6, 6.07) is 15.7. The van der Waals surface area contributed by atoms with Crippen LogP contribution in [0, 0.1) is 0 Å². The lowest BCUT2D eigenvalue weighted by molar-refractivity contribution is 0.328. The molecular formula is C21H25NO4S2. The van der Waals surface area contributed by atoms with Crippen LogP contribution in [0.2, 0.25) is 0 Å². The highest BCUT2D eigenvalue weighted by atomic mass is 32.3. The minimum absolute atomic E-state index is 0.0201. The van der Waals surface area contributed by atoms with Crippen LogP contribution in [0.5, 0.6) is 0 Å². The van der Waals surface area contributed by atoms with Crippen molar-refractivity contribution in [2.45, 2.75) is 41.1 Å². The normalized spacial score (nSPS) is 16.5. The highest BCUT2D eigenvalue weighted by molar-refractivity contribution is 8.10. The number of nitrogens with zero attached hydrogens (tertiary/aromatic N) is 1. The number of hydrogen-bond acceptors (Lipinski definition) is 5. The van der Waals surface area contributed by atoms with Crippen LogP contribution in [0.25, 0.3) is 0 Å². The Morgan fingerprint density at radius 1 is 0.786 bits per heavy atom. The Labute approximate surface area is 167 Å². The van der Waals surface area contributed by atoms with Gasteiger partial charge in [0.15, 0.2) is 0 Å². The topological polar surface area (TPSA) is 71.5 Å². The molecule has 0 fully saturated rings. The van der Waals surface area contributed by atoms with Crippen molar-refractivity contribution >= 4 is 19.7 Å². The molecule has 0 N–H and O–H groups in total. The highest BCUT2D eigenvalue weighted by Crippen LogP contribution is 2.54. The fourth-order valence-electron chi connectivity index (χ4n) is 3.95. The second kappa shape index (κ2) is 7.37. The summed E-state index contributed by atoms with van der Waals surface area (Å²) in [5, 5.41) is 0. The lowest BCUT2D eigenvalue weighted by Gasteiger charge is -2.47. The molecule has 0 saturated heterocycles. The Morgan fingerprint density at radius 3 is 1.50 bits per heavy atom. The standard InChI is InChI=1S/C21H25NO4S2/c1-4-22(5-2)20-17(3)16-21(20,27(23,24)18-12-8-6-9-13-18)28(25,26)19-14-10-7-11-15-19/h6-15H,4-5,16H2,1-3H3. The van der Waals surface area contributed by atoms with E-state index in [-0.39, 0.29) is 16.2 Å². The summed E-state index contributed by atoms with van der Waals surface area (Å²) in [7, 11) is -8.41. The van der Waals surface area contributed by atoms with Gasteiger partial charge in [-0.1, -0.05) is 36.4 Å². The molecular weight excluding hydrogens is 394 g/mol. The van der Waals surface area contributed by atoms with Crippen LogP contribution >= 0.6 is 0 Å². The Kier molecular flexibility index (Phi) is 5.42. The summed E-state index contributed by atoms with van der Waals surface area (Å²) >= 11 is 0. The quantitative estimate of drug-likeness (QED) is 0.685. The molecule has 0 atom stereocenters. The molecule has 1 aliphatic carbocycles. The molecule has 2 aromatic rings. The van der Waals surface area contributed by atoms with Crippen LogP contribution < -0.4 is 0 Å². The first kappa shape index (κ1) is 20.6. The predicted molar refractivity (Wildman–Crippen MR) is 110 cm³/mol. The second-order valence-electron chi connectivity index (χ2n) is 6.86. The third-order valence-corrected chi connectivity index (χ3v) is 10.8. The maximum absolute atomic E-state index is 13.8. The Morgan fingerprint density at radius 2 is 1.18 bits per heavy atom. The summed E-state index contributed by atoms with van der Waals surface area (Å²) in [4.78, 5) is 1.89. The molecule has 150 valence electrons. The zero-order chi connectivity index (χ0) is 20.6. The van der Waals surface area contributed by atoms with Crippen molar-refractivity contribution in [2.75, 3.05) is 13.1 Å². The van der Waals surface area contributed by atoms with Gasteiger partial charge in [0.05, 0.1) is 15.5 Å². The third kappa shape index (κ3) is 2.79. The summed E-state index contributed by atoms with van der Waals surface area (Å²) in [6.07, 6.45) is -0.0344. The number of hydrogen-bond donors (Lipinski definition) is 0. The summed E-state index contributed by atoms with van der Waals surface area (Å²) in [5.74, 6) is 0. The molecule has 0 amide bonds. The van der Waals surface area contributed by atoms with Gasteiger partial charge in [-0.25, -0.2) is 16.8 Å². The van der Waals surface area contributed by atoms with E-state index in [2.05, 4.69) is 0 Å². The molecule has 0 unspecified atom stereocenters. The molecule has 0 radical (unpaired) electrons. The van der Waals surface area contributed by atoms with Crippen molar-refractivity contribution in [1.29, 1.82) is 0 Å². The van der Waals surface area contributed by atoms with Crippen LogP contribution in [-0.4, -0.2) is 38.9 Å². The van der Waals surface area contributed by atoms with Gasteiger partial charge >= 0.3 is 0 Å². The lowest BCUT2D eigenvalue weighted by atomic mass is 9.93. The van der Waals surface area contributed by atoms with E-state index in [9.17, 15) is 16.8 Å². The van der Waals surface area contributed by atoms with E-state index in [1.54, 1.807) is 36.4 Å². The Bertz CT molecular complexity index is 1020. The highest BCUT2D eigenvalue weighted by Gasteiger charge is 2.65. The average Bonchev–Trinajstić information content (AvgIpc) is 2.70. The monoisotopic (exact) mass is 419 g/mol. The summed E-state index contributed by atoms with van der Waals surface area (Å²) in [6.45, 7) is 6.67. The van der Waals surface area contributed by atoms with Gasteiger partial charge in [0.2, 0.25) is 23.8 Å². The van der Waals surface area contributed by atoms with Crippen molar-refractivity contribution in [1.82, 2.24) is 4.90 Å². The molecule has 0 aliphatic heterocycles. The van der Waals surface area contributed by atoms with Crippen LogP contribution in [0.1, 0.15) is 27.2 Å². The van der Waals surface area contributed by atoms with Crippen molar-refractivity contribution in [2.24, 2.45) is 0 Å². The average molecular weight is 420 g/mol. The predicted octanol–water partition coefficient (Wildman–Crippen LogP) is 3.65. The zero-order valence-corrected chi connectivity index (χ0v) is 17.9. The minimum Gasteiger partial charge on any atom is -0.373 e. The SMILES string of the molecule is CCN(CC)C1=C(C)CC1(S(=O)(=O)c1ccccc1)S(=O)(=O)c1ccccc1. The fraction of sp³-hybridized carbons (Fsp3) is 0.333. The first-order valence-electron chi connectivity index (χ1n) is 9.28. The zero-order valence-electron chi connectivity index (χ0n) is 16.3. The van der Waals surface area contributed by atoms with Crippen LogP contribution in [0.3, 0.4) is 0 Å². The number of rotatable bonds is 7. The minimum atomic E-state index is -4.20. The first-order valence-corrected chi connectivity index (χ1v) is 12.2. The van der Waals surface area contributed by atoms with Gasteiger partial charge in [-0.2, -0.15) is 0 Å². The Balaban J connectivity index is 2.35. The van der Waals surface area contributed by atoms with Crippen molar-refractivity contribution < 1.29 is 16.8 Å². The molecule has 28 heavy (non-hydrogen) atoms. The summed E-state index contributed by atoms with van der Waals surface area (Å²) < 4.78 is 53.2. The maximum Gasteiger partial charge on any atom is 0.224 e. The van der Waals surface area contributed by atoms with Gasteiger partial charge in [-0.05, 0) is 50.6 Å². The second-order valence-corrected chi connectivity index (χ2v) is 11.5. The van der Waals surface area contributed by atoms with E-state index < -0.39 is 23.8 Å². The maximum atomic E-state index is 13.8. The van der Waals surface area contributed by atoms with Crippen molar-refractivity contribution in [3.8, 4) is 0 Å². The number of allylic oxidation sites excluding steroid dienone is 1. The molecule has 0 heterocycles. The van der Waals surface area contributed by atoms with E-state index in [1.807, 2.05) is 25.7 Å². The largest absolute Gasteiger partial charge is 0.373 e. The molecule has 3 rings (SSSR count). The van der Waals surface area contributed by atoms with Crippen LogP contribution in [0.4, 0.5) is 0 Å². The molecule has 5 nitrogen and oxygen atoms in total. The van der Waals surface area contributed by atoms with E-state index >= 15 is 0 Å². The molecule has 0 spiro atoms. The van der Waals surface area contributed by atoms with Crippen molar-refractivity contribution in [3.05, 3.63) is 71.9 Å². The van der Waals surface area contributed by atoms with E-state index in [0.29, 0.717) is 18.8 Å². The molecule has 0 aromatic heterocycles. The van der Waals surface area contributed by atoms with Crippen molar-refractivity contribution in [3.63, 3.8) is 0 Å². The van der Waals surface area contributed by atoms with Gasteiger partial charge in [-0.15, -0.1) is 0 Å². The van der Waals surface area contributed by atoms with Gasteiger partial charge in [-0.3, -0.25) is 0 Å². The summed E-state index contributed by atoms with van der Waals surface area (Å²) in [5.41, 5.74) is 1.19. The van der Waals surface area contributed by atoms with Gasteiger partial charge in [0.1, 0.15) is 0 Å². The van der Waals surface area contributed by atoms with E-state index in [4.69, 9.17) is 0 Å². The van der Waals surface area contributed by atoms with E-state index in [0.717, 1.165) is 5.57 Å². The van der Waals surface area contributed by atoms with Gasteiger partial charge in [0.25, 0.3) is 0 Å². The van der Waals surface area contributed by atoms with Gasteiger partial charge < -0.3 is 4.90 Å². The molecule has 1 aliphatic rings. The third-order valence-electron chi connectivity index (χ3n) is 5.32. The molecule has 0 bridgehead atoms. The van der Waals surface area contributed by atoms with Crippen LogP contribution in [-0.2, 0) is 19.7 Å². The Hall–Kier alpha value is -2.12. The lowest BCUT2D eigenvalue weighted by Crippen LogP contribution is -2.58. The van der Waals surface area contributed by atoms with Gasteiger partial charge in [0, 0.05) is 19.5 Å². The smallest absolute Gasteiger partial charge is 0.224 e. The molecule has 7 heteroatoms. The first-order chi connectivity index (χ1) is 13.2. The van der Waals surface area contributed by atoms with E-state index in [1.165, 1.54) is 24.3 Å². The fourth-order valence-corrected chi connectivity index (χ4v) is 9.41. The molecule has 2 aromatic carbocycles. The number of sulfone groups is 2. The van der Waals surface area contributed by atoms with Crippen LogP contribution in [0.15, 0.2) is 81.7 Å².